The number of hydrogen-bond acceptors (Lipinski definition) is 2. The van der Waals surface area contributed by atoms with Crippen LogP contribution in [0.4, 0.5) is 0 Å². The van der Waals surface area contributed by atoms with Gasteiger partial charge in [-0.2, -0.15) is 0 Å². The summed E-state index contributed by atoms with van der Waals surface area (Å²) in [4.78, 5) is 0. The van der Waals surface area contributed by atoms with Gasteiger partial charge in [0.2, 0.25) is 0 Å². The van der Waals surface area contributed by atoms with Crippen LogP contribution >= 0.6 is 0 Å². The third-order valence-corrected chi connectivity index (χ3v) is 26.4. The maximum Gasteiger partial charge on any atom is 0.143 e. The van der Waals surface area contributed by atoms with Crippen LogP contribution in [-0.4, -0.2) is 0 Å². The largest absolute Gasteiger partial charge is 0.456 e. The van der Waals surface area contributed by atoms with Gasteiger partial charge in [0.1, 0.15) is 22.3 Å². The van der Waals surface area contributed by atoms with Gasteiger partial charge in [-0.1, -0.05) is 341 Å². The van der Waals surface area contributed by atoms with Crippen LogP contribution in [0.5, 0.6) is 0 Å². The Labute approximate surface area is 687 Å². The van der Waals surface area contributed by atoms with E-state index in [1.165, 1.54) is 170 Å². The topological polar surface area (TPSA) is 26.3 Å². The van der Waals surface area contributed by atoms with E-state index >= 15 is 0 Å². The molecule has 0 unspecified atom stereocenters. The van der Waals surface area contributed by atoms with Crippen molar-refractivity contribution in [1.82, 2.24) is 0 Å². The van der Waals surface area contributed by atoms with Crippen LogP contribution in [0.1, 0.15) is 25.0 Å². The maximum atomic E-state index is 7.46. The molecule has 0 aliphatic heterocycles. The van der Waals surface area contributed by atoms with Crippen LogP contribution < -0.4 is 0 Å². The van der Waals surface area contributed by atoms with Gasteiger partial charge in [0.25, 0.3) is 0 Å². The zero-order valence-corrected chi connectivity index (χ0v) is 65.4. The maximum absolute atomic E-state index is 7.46. The van der Waals surface area contributed by atoms with E-state index in [0.29, 0.717) is 0 Å². The molecule has 22 aromatic carbocycles. The van der Waals surface area contributed by atoms with Crippen molar-refractivity contribution in [3.05, 3.63) is 412 Å². The number of furan rings is 2. The summed E-state index contributed by atoms with van der Waals surface area (Å²) >= 11 is 0. The van der Waals surface area contributed by atoms with Gasteiger partial charge in [-0.05, 0) is 281 Å². The summed E-state index contributed by atoms with van der Waals surface area (Å²) in [5, 5.41) is 25.9. The lowest BCUT2D eigenvalue weighted by atomic mass is 9.81. The molecule has 119 heavy (non-hydrogen) atoms. The summed E-state index contributed by atoms with van der Waals surface area (Å²) in [6, 6.07) is 149. The summed E-state index contributed by atoms with van der Waals surface area (Å²) in [7, 11) is 0. The molecule has 0 radical (unpaired) electrons. The Kier molecular flexibility index (Phi) is 14.6. The van der Waals surface area contributed by atoms with Gasteiger partial charge in [0.15, 0.2) is 0 Å². The molecule has 0 spiro atoms. The highest BCUT2D eigenvalue weighted by molar-refractivity contribution is 6.27. The summed E-state index contributed by atoms with van der Waals surface area (Å²) in [6.45, 7) is 4.73. The van der Waals surface area contributed by atoms with E-state index in [4.69, 9.17) is 8.83 Å². The molecule has 0 amide bonds. The Bertz CT molecular complexity index is 8360. The van der Waals surface area contributed by atoms with Gasteiger partial charge in [0.05, 0.1) is 0 Å². The summed E-state index contributed by atoms with van der Waals surface area (Å²) in [5.41, 5.74) is 29.7. The fraction of sp³-hybridized carbons (Fsp3) is 0.0256. The molecule has 0 atom stereocenters. The standard InChI is InChI=1S/C117H72O2/c1-117(2)105-44-20-19-29-84(105)85-56-53-76(65-106(85)117)73-27-21-28-79(62-73)110-87-30-7-9-32-89(87)112(90-33-10-8-31-88(90)110)82-52-48-74-59-77(49-47-75(74)63-82)102-68-109-104(103-64-83(55-58-107(103)118-109)114-93-36-13-11-34-91(93)111(92-35-12-14-37-94(92)114)80-50-45-69-23-3-5-25-71(69)60-80)67-101(102)78-54-57-86-99-42-22-43-100(116(99)119-108(86)66-78)115-97-40-17-15-38-95(97)113(96-39-16-18-41-98(96)115)81-51-46-70-24-4-6-26-72(70)61-81/h3-68H,1-2H3. The normalized spacial score (nSPS) is 12.7. The predicted octanol–water partition coefficient (Wildman–Crippen LogP) is 33.2. The number of hydrogen-bond donors (Lipinski definition) is 0. The molecule has 0 bridgehead atoms. The fourth-order valence-electron chi connectivity index (χ4n) is 20.8. The Morgan fingerprint density at radius 1 is 0.160 bits per heavy atom. The van der Waals surface area contributed by atoms with Crippen molar-refractivity contribution in [3.8, 4) is 111 Å². The van der Waals surface area contributed by atoms with Crippen molar-refractivity contribution in [2.75, 3.05) is 0 Å². The van der Waals surface area contributed by atoms with Crippen molar-refractivity contribution >= 4 is 141 Å². The van der Waals surface area contributed by atoms with Gasteiger partial charge in [-0.3, -0.25) is 0 Å². The first-order valence-corrected chi connectivity index (χ1v) is 41.4. The second kappa shape index (κ2) is 25.9. The fourth-order valence-corrected chi connectivity index (χ4v) is 20.8. The molecule has 2 heterocycles. The average Bonchev–Trinajstić information content (AvgIpc) is 1.69. The number of rotatable bonds is 9. The van der Waals surface area contributed by atoms with Crippen molar-refractivity contribution in [3.63, 3.8) is 0 Å². The molecular weight excluding hydrogens is 1440 g/mol. The number of para-hydroxylation sites is 1. The van der Waals surface area contributed by atoms with Crippen molar-refractivity contribution < 1.29 is 8.83 Å². The Balaban J connectivity index is 0.647. The lowest BCUT2D eigenvalue weighted by molar-refractivity contribution is 0.660. The van der Waals surface area contributed by atoms with Gasteiger partial charge in [0, 0.05) is 38.1 Å². The molecule has 2 aromatic heterocycles. The Morgan fingerprint density at radius 3 is 1.05 bits per heavy atom. The molecule has 2 heteroatoms. The summed E-state index contributed by atoms with van der Waals surface area (Å²) in [6.07, 6.45) is 0. The average molecular weight is 1510 g/mol. The predicted molar refractivity (Wildman–Crippen MR) is 505 cm³/mol. The quantitative estimate of drug-likeness (QED) is 0.135. The highest BCUT2D eigenvalue weighted by Crippen LogP contribution is 2.54. The molecule has 0 saturated heterocycles. The third-order valence-electron chi connectivity index (χ3n) is 26.4. The number of fused-ring (bicyclic) bond motifs is 18. The minimum Gasteiger partial charge on any atom is -0.456 e. The van der Waals surface area contributed by atoms with Crippen LogP contribution in [0.15, 0.2) is 409 Å². The molecule has 0 N–H and O–H groups in total. The molecular formula is C117H72O2. The van der Waals surface area contributed by atoms with E-state index < -0.39 is 0 Å². The molecule has 0 fully saturated rings. The highest BCUT2D eigenvalue weighted by Gasteiger charge is 2.36. The second-order valence-electron chi connectivity index (χ2n) is 33.1. The van der Waals surface area contributed by atoms with E-state index in [2.05, 4.69) is 414 Å². The molecule has 0 saturated carbocycles. The van der Waals surface area contributed by atoms with Gasteiger partial charge < -0.3 is 8.83 Å². The first kappa shape index (κ1) is 67.1. The Morgan fingerprint density at radius 2 is 0.504 bits per heavy atom. The molecule has 552 valence electrons. The Hall–Kier alpha value is -15.2. The van der Waals surface area contributed by atoms with E-state index in [-0.39, 0.29) is 5.41 Å². The minimum atomic E-state index is -0.0940. The van der Waals surface area contributed by atoms with E-state index in [1.807, 2.05) is 0 Å². The summed E-state index contributed by atoms with van der Waals surface area (Å²) < 4.78 is 14.6. The lowest BCUT2D eigenvalue weighted by Gasteiger charge is -2.22. The monoisotopic (exact) mass is 1510 g/mol. The smallest absolute Gasteiger partial charge is 0.143 e. The molecule has 25 rings (SSSR count). The zero-order chi connectivity index (χ0) is 78.3. The molecule has 1 aliphatic rings. The second-order valence-corrected chi connectivity index (χ2v) is 33.1. The van der Waals surface area contributed by atoms with Gasteiger partial charge >= 0.3 is 0 Å². The minimum absolute atomic E-state index is 0.0940. The van der Waals surface area contributed by atoms with Crippen molar-refractivity contribution in [2.45, 2.75) is 19.3 Å². The van der Waals surface area contributed by atoms with Crippen LogP contribution in [0, 0.1) is 0 Å². The van der Waals surface area contributed by atoms with Crippen molar-refractivity contribution in [1.29, 1.82) is 0 Å². The number of benzene rings is 22. The van der Waals surface area contributed by atoms with Gasteiger partial charge in [-0.25, -0.2) is 0 Å². The molecule has 1 aliphatic carbocycles. The lowest BCUT2D eigenvalue weighted by Crippen LogP contribution is -2.14. The SMILES string of the molecule is CC1(C)c2ccccc2-c2ccc(-c3cccc(-c4c5ccccc5c(-c5ccc6cc(-c7cc8oc9ccc(-c%10c%11ccccc%11c(-c%11ccc%12ccccc%12c%11)c%11ccccc%10%11)cc9c8cc7-c7ccc8c(c7)oc7c(-c9c%10ccccc%10c(-c%10ccc%11ccccc%11c%10)c%10ccccc9%10)cccc78)ccc6c5)c5ccccc45)c3)cc21. The van der Waals surface area contributed by atoms with Crippen LogP contribution in [0.2, 0.25) is 0 Å². The van der Waals surface area contributed by atoms with E-state index in [9.17, 15) is 0 Å². The van der Waals surface area contributed by atoms with Crippen molar-refractivity contribution in [2.24, 2.45) is 0 Å². The first-order valence-electron chi connectivity index (χ1n) is 41.4. The van der Waals surface area contributed by atoms with Crippen LogP contribution in [0.25, 0.3) is 252 Å². The summed E-state index contributed by atoms with van der Waals surface area (Å²) in [5.74, 6) is 0. The molecule has 2 nitrogen and oxygen atoms in total. The zero-order valence-electron chi connectivity index (χ0n) is 65.4. The van der Waals surface area contributed by atoms with Crippen LogP contribution in [-0.2, 0) is 5.41 Å². The van der Waals surface area contributed by atoms with Crippen LogP contribution in [0.3, 0.4) is 0 Å². The molecule has 24 aromatic rings. The van der Waals surface area contributed by atoms with Gasteiger partial charge in [-0.15, -0.1) is 0 Å². The third kappa shape index (κ3) is 10.3. The first-order chi connectivity index (χ1) is 58.7. The van der Waals surface area contributed by atoms with E-state index in [1.54, 1.807) is 0 Å². The van der Waals surface area contributed by atoms with E-state index in [0.717, 1.165) is 93.6 Å². The highest BCUT2D eigenvalue weighted by atomic mass is 16.3.